The first-order valence-electron chi connectivity index (χ1n) is 6.31. The number of nitrogens with zero attached hydrogens (tertiary/aromatic N) is 1. The van der Waals surface area contributed by atoms with E-state index in [1.54, 1.807) is 0 Å². The molecule has 1 aromatic heterocycles. The molecule has 0 amide bonds. The number of anilines is 1. The third kappa shape index (κ3) is 2.86. The van der Waals surface area contributed by atoms with Crippen molar-refractivity contribution in [2.75, 3.05) is 12.3 Å². The smallest absolute Gasteiger partial charge is 0.159 e. The Morgan fingerprint density at radius 2 is 2.16 bits per heavy atom. The van der Waals surface area contributed by atoms with Crippen LogP contribution in [0.1, 0.15) is 32.3 Å². The monoisotopic (exact) mass is 371 g/mol. The molecule has 0 aliphatic carbocycles. The van der Waals surface area contributed by atoms with Crippen LogP contribution in [0.5, 0.6) is 5.75 Å². The van der Waals surface area contributed by atoms with Crippen LogP contribution in [-0.2, 0) is 0 Å². The van der Waals surface area contributed by atoms with Crippen LogP contribution in [0.25, 0.3) is 11.3 Å². The van der Waals surface area contributed by atoms with Crippen LogP contribution in [0.3, 0.4) is 0 Å². The van der Waals surface area contributed by atoms with Crippen molar-refractivity contribution in [2.24, 2.45) is 0 Å². The van der Waals surface area contributed by atoms with Gasteiger partial charge in [-0.15, -0.1) is 0 Å². The minimum absolute atomic E-state index is 0.465. The van der Waals surface area contributed by atoms with Crippen LogP contribution in [0.4, 0.5) is 5.82 Å². The molecule has 2 aromatic rings. The summed E-state index contributed by atoms with van der Waals surface area (Å²) in [6.45, 7) is 6.96. The maximum atomic E-state index is 5.81. The van der Waals surface area contributed by atoms with Crippen molar-refractivity contribution < 1.29 is 4.74 Å². The van der Waals surface area contributed by atoms with Gasteiger partial charge in [0, 0.05) is 5.56 Å². The summed E-state index contributed by atoms with van der Waals surface area (Å²) in [5.74, 6) is 1.84. The quantitative estimate of drug-likeness (QED) is 0.804. The second kappa shape index (κ2) is 5.81. The summed E-state index contributed by atoms with van der Waals surface area (Å²) in [7, 11) is 0. The number of ether oxygens (including phenoxy) is 1. The minimum atomic E-state index is 0.465. The van der Waals surface area contributed by atoms with Crippen molar-refractivity contribution in [1.29, 1.82) is 0 Å². The third-order valence-electron chi connectivity index (χ3n) is 2.97. The van der Waals surface area contributed by atoms with Crippen LogP contribution in [0, 0.1) is 3.57 Å². The highest BCUT2D eigenvalue weighted by Gasteiger charge is 2.15. The van der Waals surface area contributed by atoms with Gasteiger partial charge in [0.25, 0.3) is 0 Å². The highest BCUT2D eigenvalue weighted by Crippen LogP contribution is 2.35. The van der Waals surface area contributed by atoms with Crippen molar-refractivity contribution in [3.63, 3.8) is 0 Å². The van der Waals surface area contributed by atoms with Crippen LogP contribution in [0.15, 0.2) is 18.2 Å². The van der Waals surface area contributed by atoms with E-state index in [-0.39, 0.29) is 0 Å². The van der Waals surface area contributed by atoms with Crippen LogP contribution in [-0.4, -0.2) is 16.8 Å². The van der Waals surface area contributed by atoms with Gasteiger partial charge in [-0.05, 0) is 53.1 Å². The number of nitrogens with two attached hydrogens (primary N) is 1. The number of benzene rings is 1. The van der Waals surface area contributed by atoms with Gasteiger partial charge in [0.2, 0.25) is 0 Å². The molecule has 5 heteroatoms. The first-order valence-corrected chi connectivity index (χ1v) is 7.38. The number of rotatable bonds is 4. The number of H-pyrrole nitrogens is 1. The van der Waals surface area contributed by atoms with E-state index in [1.807, 2.05) is 13.0 Å². The first-order chi connectivity index (χ1) is 9.04. The zero-order valence-corrected chi connectivity index (χ0v) is 13.5. The molecule has 3 N–H and O–H groups in total. The number of halogens is 1. The van der Waals surface area contributed by atoms with E-state index in [0.29, 0.717) is 18.3 Å². The fraction of sp³-hybridized carbons (Fsp3) is 0.357. The molecular weight excluding hydrogens is 353 g/mol. The van der Waals surface area contributed by atoms with Gasteiger partial charge in [0.05, 0.1) is 15.9 Å². The molecule has 1 aromatic carbocycles. The molecule has 4 nitrogen and oxygen atoms in total. The van der Waals surface area contributed by atoms with E-state index in [0.717, 1.165) is 20.6 Å². The summed E-state index contributed by atoms with van der Waals surface area (Å²) in [5, 5.41) is 7.05. The second-order valence-electron chi connectivity index (χ2n) is 4.64. The summed E-state index contributed by atoms with van der Waals surface area (Å²) in [6.07, 6.45) is 0. The Balaban J connectivity index is 2.57. The molecule has 0 atom stereocenters. The lowest BCUT2D eigenvalue weighted by Crippen LogP contribution is -1.97. The minimum Gasteiger partial charge on any atom is -0.493 e. The largest absolute Gasteiger partial charge is 0.493 e. The maximum Gasteiger partial charge on any atom is 0.159 e. The second-order valence-corrected chi connectivity index (χ2v) is 5.72. The van der Waals surface area contributed by atoms with Crippen molar-refractivity contribution in [2.45, 2.75) is 26.7 Å². The van der Waals surface area contributed by atoms with E-state index < -0.39 is 0 Å². The van der Waals surface area contributed by atoms with Gasteiger partial charge >= 0.3 is 0 Å². The van der Waals surface area contributed by atoms with E-state index in [1.165, 1.54) is 5.56 Å². The van der Waals surface area contributed by atoms with Crippen LogP contribution in [0.2, 0.25) is 0 Å². The molecule has 0 aliphatic rings. The van der Waals surface area contributed by atoms with Gasteiger partial charge in [-0.2, -0.15) is 5.10 Å². The lowest BCUT2D eigenvalue weighted by molar-refractivity contribution is 0.341. The number of hydrogen-bond donors (Lipinski definition) is 2. The number of aromatic amines is 1. The standard InChI is InChI=1S/C14H18IN3O/c1-4-19-11-6-5-9(8(2)3)7-10(11)13-12(15)14(16)18-17-13/h5-8H,4H2,1-3H3,(H3,16,17,18). The molecule has 102 valence electrons. The number of nitrogens with one attached hydrogen (secondary N) is 1. The van der Waals surface area contributed by atoms with Crippen molar-refractivity contribution in [1.82, 2.24) is 10.2 Å². The highest BCUT2D eigenvalue weighted by molar-refractivity contribution is 14.1. The summed E-state index contributed by atoms with van der Waals surface area (Å²) in [4.78, 5) is 0. The molecular formula is C14H18IN3O. The van der Waals surface area contributed by atoms with E-state index >= 15 is 0 Å². The van der Waals surface area contributed by atoms with E-state index in [9.17, 15) is 0 Å². The Morgan fingerprint density at radius 1 is 1.42 bits per heavy atom. The molecule has 0 unspecified atom stereocenters. The summed E-state index contributed by atoms with van der Waals surface area (Å²) >= 11 is 2.20. The maximum absolute atomic E-state index is 5.81. The molecule has 0 radical (unpaired) electrons. The molecule has 19 heavy (non-hydrogen) atoms. The van der Waals surface area contributed by atoms with Crippen LogP contribution < -0.4 is 10.5 Å². The topological polar surface area (TPSA) is 63.9 Å². The molecule has 0 aliphatic heterocycles. The Morgan fingerprint density at radius 3 is 2.68 bits per heavy atom. The fourth-order valence-corrected chi connectivity index (χ4v) is 2.44. The molecule has 2 rings (SSSR count). The molecule has 1 heterocycles. The number of hydrogen-bond acceptors (Lipinski definition) is 3. The normalized spacial score (nSPS) is 11.0. The van der Waals surface area contributed by atoms with Crippen molar-refractivity contribution in [3.8, 4) is 17.0 Å². The molecule has 0 fully saturated rings. The predicted molar refractivity (Wildman–Crippen MR) is 86.4 cm³/mol. The summed E-state index contributed by atoms with van der Waals surface area (Å²) in [6, 6.07) is 6.26. The molecule has 0 saturated heterocycles. The lowest BCUT2D eigenvalue weighted by atomic mass is 9.99. The van der Waals surface area contributed by atoms with Gasteiger partial charge in [-0.25, -0.2) is 0 Å². The average Bonchev–Trinajstić information content (AvgIpc) is 2.71. The summed E-state index contributed by atoms with van der Waals surface area (Å²) in [5.41, 5.74) is 9.01. The number of aromatic nitrogens is 2. The molecule has 0 bridgehead atoms. The van der Waals surface area contributed by atoms with Gasteiger partial charge < -0.3 is 10.5 Å². The van der Waals surface area contributed by atoms with Gasteiger partial charge in [0.1, 0.15) is 5.75 Å². The molecule has 0 saturated carbocycles. The average molecular weight is 371 g/mol. The fourth-order valence-electron chi connectivity index (χ4n) is 1.90. The Kier molecular flexibility index (Phi) is 4.34. The zero-order chi connectivity index (χ0) is 14.0. The third-order valence-corrected chi connectivity index (χ3v) is 4.06. The Bertz CT molecular complexity index is 578. The molecule has 0 spiro atoms. The first kappa shape index (κ1) is 14.2. The van der Waals surface area contributed by atoms with E-state index in [2.05, 4.69) is 58.8 Å². The highest BCUT2D eigenvalue weighted by atomic mass is 127. The predicted octanol–water partition coefficient (Wildman–Crippen LogP) is 3.79. The van der Waals surface area contributed by atoms with Crippen molar-refractivity contribution >= 4 is 28.4 Å². The SMILES string of the molecule is CCOc1ccc(C(C)C)cc1-c1[nH]nc(N)c1I. The Hall–Kier alpha value is -1.24. The number of nitrogen functional groups attached to an aromatic ring is 1. The van der Waals surface area contributed by atoms with E-state index in [4.69, 9.17) is 10.5 Å². The summed E-state index contributed by atoms with van der Waals surface area (Å²) < 4.78 is 6.63. The lowest BCUT2D eigenvalue weighted by Gasteiger charge is -2.13. The van der Waals surface area contributed by atoms with Gasteiger partial charge in [-0.3, -0.25) is 5.10 Å². The van der Waals surface area contributed by atoms with Gasteiger partial charge in [0.15, 0.2) is 5.82 Å². The van der Waals surface area contributed by atoms with Gasteiger partial charge in [-0.1, -0.05) is 19.9 Å². The zero-order valence-electron chi connectivity index (χ0n) is 11.3. The van der Waals surface area contributed by atoms with Crippen LogP contribution >= 0.6 is 22.6 Å². The van der Waals surface area contributed by atoms with Crippen molar-refractivity contribution in [3.05, 3.63) is 27.3 Å². The Labute approximate surface area is 126 Å².